The first kappa shape index (κ1) is 18.3. The summed E-state index contributed by atoms with van der Waals surface area (Å²) >= 11 is 0. The summed E-state index contributed by atoms with van der Waals surface area (Å²) in [7, 11) is -0.408. The third kappa shape index (κ3) is 3.58. The maximum atomic E-state index is 9.33. The van der Waals surface area contributed by atoms with Crippen LogP contribution in [-0.2, 0) is 14.7 Å². The minimum Gasteiger partial charge on any atom is -0.399 e. The van der Waals surface area contributed by atoms with E-state index in [1.54, 1.807) is 6.20 Å². The standard InChI is InChI=1S/C15H20BN3O2.C3H7N/c1-13(2)14(3,4)21-16(20-13)11-5-6-12(19-7-11)15(8-17)9-18-10-15;4-3-1-2-3/h5-7,18H,9-10H2,1-4H3;3H,1-2,4H2. The van der Waals surface area contributed by atoms with Gasteiger partial charge in [-0.25, -0.2) is 0 Å². The molecule has 0 radical (unpaired) electrons. The summed E-state index contributed by atoms with van der Waals surface area (Å²) in [6.45, 7) is 9.43. The SMILES string of the molecule is CC1(C)OB(c2ccc(C3(C#N)CNC3)nc2)OC1(C)C.NC1CC1. The Labute approximate surface area is 150 Å². The predicted octanol–water partition coefficient (Wildman–Crippen LogP) is 0.853. The van der Waals surface area contributed by atoms with Crippen molar-refractivity contribution < 1.29 is 9.31 Å². The lowest BCUT2D eigenvalue weighted by Crippen LogP contribution is -2.56. The lowest BCUT2D eigenvalue weighted by atomic mass is 9.77. The van der Waals surface area contributed by atoms with Crippen molar-refractivity contribution in [3.05, 3.63) is 24.0 Å². The van der Waals surface area contributed by atoms with E-state index in [-0.39, 0.29) is 11.2 Å². The first-order valence-corrected chi connectivity index (χ1v) is 8.89. The van der Waals surface area contributed by atoms with Gasteiger partial charge in [0.15, 0.2) is 0 Å². The van der Waals surface area contributed by atoms with Crippen molar-refractivity contribution in [1.82, 2.24) is 10.3 Å². The van der Waals surface area contributed by atoms with Gasteiger partial charge in [-0.3, -0.25) is 4.98 Å². The molecule has 0 unspecified atom stereocenters. The van der Waals surface area contributed by atoms with E-state index in [1.807, 2.05) is 39.8 Å². The van der Waals surface area contributed by atoms with Gasteiger partial charge in [-0.2, -0.15) is 5.26 Å². The molecule has 1 saturated carbocycles. The molecule has 2 saturated heterocycles. The summed E-state index contributed by atoms with van der Waals surface area (Å²) in [5.41, 5.74) is 5.72. The molecule has 3 fully saturated rings. The summed E-state index contributed by atoms with van der Waals surface area (Å²) in [5, 5.41) is 12.5. The maximum Gasteiger partial charge on any atom is 0.496 e. The predicted molar refractivity (Wildman–Crippen MR) is 97.3 cm³/mol. The first-order chi connectivity index (χ1) is 11.7. The van der Waals surface area contributed by atoms with Crippen molar-refractivity contribution in [1.29, 1.82) is 5.26 Å². The average Bonchev–Trinajstić information content (AvgIpc) is 3.25. The number of rotatable bonds is 2. The van der Waals surface area contributed by atoms with Crippen LogP contribution in [0.5, 0.6) is 0 Å². The van der Waals surface area contributed by atoms with E-state index in [1.165, 1.54) is 12.8 Å². The summed E-state index contributed by atoms with van der Waals surface area (Å²) in [5.74, 6) is 0. The number of hydrogen-bond donors (Lipinski definition) is 2. The Morgan fingerprint density at radius 3 is 2.08 bits per heavy atom. The fraction of sp³-hybridized carbons (Fsp3) is 0.667. The Morgan fingerprint density at radius 1 is 1.20 bits per heavy atom. The molecule has 4 rings (SSSR count). The van der Waals surface area contributed by atoms with E-state index in [0.29, 0.717) is 19.1 Å². The second kappa shape index (κ2) is 6.37. The van der Waals surface area contributed by atoms with Crippen LogP contribution in [0.15, 0.2) is 18.3 Å². The van der Waals surface area contributed by atoms with E-state index in [4.69, 9.17) is 15.0 Å². The summed E-state index contributed by atoms with van der Waals surface area (Å²) in [6, 6.07) is 6.80. The minimum atomic E-state index is -0.478. The first-order valence-electron chi connectivity index (χ1n) is 8.89. The van der Waals surface area contributed by atoms with Gasteiger partial charge in [-0.15, -0.1) is 0 Å². The molecule has 0 aromatic carbocycles. The Bertz CT molecular complexity index is 645. The fourth-order valence-electron chi connectivity index (χ4n) is 2.60. The van der Waals surface area contributed by atoms with Crippen molar-refractivity contribution >= 4 is 12.6 Å². The van der Waals surface area contributed by atoms with Crippen LogP contribution in [0.4, 0.5) is 0 Å². The number of nitrogens with two attached hydrogens (primary N) is 1. The van der Waals surface area contributed by atoms with Gasteiger partial charge in [-0.05, 0) is 46.6 Å². The molecule has 25 heavy (non-hydrogen) atoms. The number of pyridine rings is 1. The van der Waals surface area contributed by atoms with Crippen molar-refractivity contribution in [3.8, 4) is 6.07 Å². The van der Waals surface area contributed by atoms with Gasteiger partial charge in [0, 0.05) is 30.8 Å². The number of nitriles is 1. The number of nitrogens with one attached hydrogen (secondary N) is 1. The largest absolute Gasteiger partial charge is 0.496 e. The molecule has 0 bridgehead atoms. The van der Waals surface area contributed by atoms with Gasteiger partial charge in [-0.1, -0.05) is 6.07 Å². The van der Waals surface area contributed by atoms with E-state index >= 15 is 0 Å². The van der Waals surface area contributed by atoms with Crippen LogP contribution in [0.1, 0.15) is 46.2 Å². The highest BCUT2D eigenvalue weighted by atomic mass is 16.7. The molecule has 7 heteroatoms. The average molecular weight is 342 g/mol. The molecular weight excluding hydrogens is 315 g/mol. The van der Waals surface area contributed by atoms with Crippen molar-refractivity contribution in [2.45, 2.75) is 63.2 Å². The van der Waals surface area contributed by atoms with Gasteiger partial charge in [0.25, 0.3) is 0 Å². The second-order valence-corrected chi connectivity index (χ2v) is 8.20. The minimum absolute atomic E-state index is 0.359. The molecule has 3 aliphatic rings. The highest BCUT2D eigenvalue weighted by Crippen LogP contribution is 2.36. The van der Waals surface area contributed by atoms with Gasteiger partial charge in [0.1, 0.15) is 5.41 Å². The Balaban J connectivity index is 0.000000401. The highest BCUT2D eigenvalue weighted by molar-refractivity contribution is 6.62. The monoisotopic (exact) mass is 342 g/mol. The van der Waals surface area contributed by atoms with Crippen LogP contribution in [0.2, 0.25) is 0 Å². The van der Waals surface area contributed by atoms with Crippen LogP contribution < -0.4 is 16.5 Å². The van der Waals surface area contributed by atoms with Crippen LogP contribution in [0.25, 0.3) is 0 Å². The lowest BCUT2D eigenvalue weighted by molar-refractivity contribution is 0.00578. The topological polar surface area (TPSA) is 93.2 Å². The summed E-state index contributed by atoms with van der Waals surface area (Å²) in [6.07, 6.45) is 4.29. The number of aromatic nitrogens is 1. The van der Waals surface area contributed by atoms with Gasteiger partial charge in [0.05, 0.1) is 23.0 Å². The Hall–Kier alpha value is -1.46. The van der Waals surface area contributed by atoms with Crippen LogP contribution in [-0.4, -0.2) is 42.4 Å². The summed E-state index contributed by atoms with van der Waals surface area (Å²) < 4.78 is 12.0. The molecule has 134 valence electrons. The summed E-state index contributed by atoms with van der Waals surface area (Å²) in [4.78, 5) is 4.46. The van der Waals surface area contributed by atoms with E-state index in [2.05, 4.69) is 16.4 Å². The second-order valence-electron chi connectivity index (χ2n) is 8.20. The van der Waals surface area contributed by atoms with E-state index in [0.717, 1.165) is 11.2 Å². The number of hydrogen-bond acceptors (Lipinski definition) is 6. The molecule has 0 atom stereocenters. The molecule has 2 aliphatic heterocycles. The molecule has 3 N–H and O–H groups in total. The molecular formula is C18H27BN4O2. The Kier molecular flexibility index (Phi) is 4.67. The Morgan fingerprint density at radius 2 is 1.76 bits per heavy atom. The molecule has 6 nitrogen and oxygen atoms in total. The molecule has 3 heterocycles. The fourth-order valence-corrected chi connectivity index (χ4v) is 2.60. The van der Waals surface area contributed by atoms with Gasteiger partial charge < -0.3 is 20.4 Å². The number of nitrogens with zero attached hydrogens (tertiary/aromatic N) is 2. The zero-order valence-electron chi connectivity index (χ0n) is 15.5. The molecule has 1 aromatic heterocycles. The molecule has 1 aliphatic carbocycles. The van der Waals surface area contributed by atoms with Crippen molar-refractivity contribution in [2.75, 3.05) is 13.1 Å². The van der Waals surface area contributed by atoms with Crippen LogP contribution in [0, 0.1) is 11.3 Å². The van der Waals surface area contributed by atoms with Crippen LogP contribution in [0.3, 0.4) is 0 Å². The van der Waals surface area contributed by atoms with Crippen LogP contribution >= 0.6 is 0 Å². The quantitative estimate of drug-likeness (QED) is 0.774. The normalized spacial score (nSPS) is 25.4. The third-order valence-electron chi connectivity index (χ3n) is 5.49. The highest BCUT2D eigenvalue weighted by Gasteiger charge is 2.52. The third-order valence-corrected chi connectivity index (χ3v) is 5.49. The zero-order chi connectivity index (χ0) is 18.3. The smallest absolute Gasteiger partial charge is 0.399 e. The van der Waals surface area contributed by atoms with Crippen molar-refractivity contribution in [3.63, 3.8) is 0 Å². The molecule has 0 amide bonds. The molecule has 0 spiro atoms. The van der Waals surface area contributed by atoms with E-state index < -0.39 is 12.5 Å². The van der Waals surface area contributed by atoms with E-state index in [9.17, 15) is 5.26 Å². The maximum absolute atomic E-state index is 9.33. The van der Waals surface area contributed by atoms with Gasteiger partial charge in [0.2, 0.25) is 0 Å². The zero-order valence-corrected chi connectivity index (χ0v) is 15.5. The molecule has 1 aromatic rings. The lowest BCUT2D eigenvalue weighted by Gasteiger charge is -2.35. The van der Waals surface area contributed by atoms with Gasteiger partial charge >= 0.3 is 7.12 Å². The van der Waals surface area contributed by atoms with Crippen molar-refractivity contribution in [2.24, 2.45) is 5.73 Å².